The molecule has 1 unspecified atom stereocenters. The van der Waals surface area contributed by atoms with Crippen molar-refractivity contribution in [3.05, 3.63) is 22.7 Å². The molecule has 2 rings (SSSR count). The van der Waals surface area contributed by atoms with Crippen LogP contribution in [0.2, 0.25) is 5.02 Å². The number of ether oxygens (including phenoxy) is 4. The van der Waals surface area contributed by atoms with Crippen LogP contribution in [0.4, 0.5) is 0 Å². The van der Waals surface area contributed by atoms with E-state index in [1.54, 1.807) is 12.1 Å². The Morgan fingerprint density at radius 1 is 1.35 bits per heavy atom. The summed E-state index contributed by atoms with van der Waals surface area (Å²) in [6, 6.07) is 3.18. The van der Waals surface area contributed by atoms with Gasteiger partial charge >= 0.3 is 5.97 Å². The molecule has 1 aliphatic heterocycles. The summed E-state index contributed by atoms with van der Waals surface area (Å²) in [5.41, 5.74) is 0.369. The number of hydrogen-bond donors (Lipinski definition) is 0. The summed E-state index contributed by atoms with van der Waals surface area (Å²) in [6.07, 6.45) is 4.08. The highest BCUT2D eigenvalue weighted by molar-refractivity contribution is 6.32. The number of hydrogen-bond acceptors (Lipinski definition) is 5. The van der Waals surface area contributed by atoms with Crippen molar-refractivity contribution in [1.29, 1.82) is 0 Å². The van der Waals surface area contributed by atoms with E-state index in [9.17, 15) is 4.79 Å². The summed E-state index contributed by atoms with van der Waals surface area (Å²) in [7, 11) is 1.52. The van der Waals surface area contributed by atoms with Crippen molar-refractivity contribution < 1.29 is 23.7 Å². The Kier molecular flexibility index (Phi) is 8.52. The van der Waals surface area contributed by atoms with Gasteiger partial charge in [0.2, 0.25) is 0 Å². The molecule has 0 radical (unpaired) electrons. The second-order valence-corrected chi connectivity index (χ2v) is 7.24. The minimum absolute atomic E-state index is 0.312. The first-order valence-corrected chi connectivity index (χ1v) is 9.68. The molecule has 5 nitrogen and oxygen atoms in total. The predicted octanol–water partition coefficient (Wildman–Crippen LogP) is 4.75. The molecule has 1 heterocycles. The minimum Gasteiger partial charge on any atom is -0.493 e. The Balaban J connectivity index is 1.92. The molecule has 1 aromatic carbocycles. The average molecular weight is 385 g/mol. The maximum absolute atomic E-state index is 12.4. The van der Waals surface area contributed by atoms with Gasteiger partial charge in [-0.1, -0.05) is 25.4 Å². The van der Waals surface area contributed by atoms with E-state index in [1.807, 2.05) is 6.92 Å². The van der Waals surface area contributed by atoms with Gasteiger partial charge in [-0.3, -0.25) is 0 Å². The molecule has 0 saturated carbocycles. The molecule has 0 spiro atoms. The third-order valence-electron chi connectivity index (χ3n) is 4.49. The first kappa shape index (κ1) is 20.8. The van der Waals surface area contributed by atoms with Crippen LogP contribution in [0.15, 0.2) is 12.1 Å². The van der Waals surface area contributed by atoms with E-state index < -0.39 is 5.97 Å². The van der Waals surface area contributed by atoms with Crippen LogP contribution in [-0.2, 0) is 9.47 Å². The molecule has 1 aromatic rings. The maximum atomic E-state index is 12.4. The van der Waals surface area contributed by atoms with Gasteiger partial charge in [0.15, 0.2) is 11.5 Å². The van der Waals surface area contributed by atoms with Gasteiger partial charge in [0.1, 0.15) is 0 Å². The van der Waals surface area contributed by atoms with Crippen molar-refractivity contribution >= 4 is 17.6 Å². The standard InChI is InChI=1S/C20H29ClO5/c1-4-7-25-19-17(21)11-16(12-18(19)23-3)20(22)26-13-14(2)10-15-5-8-24-9-6-15/h11-12,14-15H,4-10,13H2,1-3H3. The lowest BCUT2D eigenvalue weighted by molar-refractivity contribution is 0.0355. The fraction of sp³-hybridized carbons (Fsp3) is 0.650. The second-order valence-electron chi connectivity index (χ2n) is 6.83. The van der Waals surface area contributed by atoms with Gasteiger partial charge in [-0.15, -0.1) is 0 Å². The smallest absolute Gasteiger partial charge is 0.338 e. The molecule has 0 amide bonds. The lowest BCUT2D eigenvalue weighted by atomic mass is 9.90. The zero-order chi connectivity index (χ0) is 18.9. The monoisotopic (exact) mass is 384 g/mol. The van der Waals surface area contributed by atoms with Gasteiger partial charge in [0, 0.05) is 13.2 Å². The van der Waals surface area contributed by atoms with E-state index in [1.165, 1.54) is 7.11 Å². The molecular formula is C20H29ClO5. The molecule has 0 aromatic heterocycles. The lowest BCUT2D eigenvalue weighted by Crippen LogP contribution is -2.20. The summed E-state index contributed by atoms with van der Waals surface area (Å²) in [4.78, 5) is 12.4. The lowest BCUT2D eigenvalue weighted by Gasteiger charge is -2.24. The number of esters is 1. The SMILES string of the molecule is CCCOc1c(Cl)cc(C(=O)OCC(C)CC2CCOCC2)cc1OC. The molecular weight excluding hydrogens is 356 g/mol. The van der Waals surface area contributed by atoms with Crippen LogP contribution in [0.1, 0.15) is 49.9 Å². The summed E-state index contributed by atoms with van der Waals surface area (Å²) >= 11 is 6.26. The van der Waals surface area contributed by atoms with Crippen molar-refractivity contribution in [1.82, 2.24) is 0 Å². The quantitative estimate of drug-likeness (QED) is 0.575. The highest BCUT2D eigenvalue weighted by Gasteiger charge is 2.20. The number of methoxy groups -OCH3 is 1. The van der Waals surface area contributed by atoms with Crippen molar-refractivity contribution in [3.8, 4) is 11.5 Å². The molecule has 1 aliphatic rings. The van der Waals surface area contributed by atoms with Crippen molar-refractivity contribution in [2.75, 3.05) is 33.5 Å². The zero-order valence-corrected chi connectivity index (χ0v) is 16.6. The van der Waals surface area contributed by atoms with Crippen LogP contribution in [-0.4, -0.2) is 39.5 Å². The third kappa shape index (κ3) is 6.06. The second kappa shape index (κ2) is 10.6. The summed E-state index contributed by atoms with van der Waals surface area (Å²) < 4.78 is 21.8. The van der Waals surface area contributed by atoms with Gasteiger partial charge in [-0.25, -0.2) is 4.79 Å². The largest absolute Gasteiger partial charge is 0.493 e. The van der Waals surface area contributed by atoms with Gasteiger partial charge in [-0.2, -0.15) is 0 Å². The van der Waals surface area contributed by atoms with E-state index in [-0.39, 0.29) is 0 Å². The third-order valence-corrected chi connectivity index (χ3v) is 4.77. The maximum Gasteiger partial charge on any atom is 0.338 e. The molecule has 146 valence electrons. The topological polar surface area (TPSA) is 54.0 Å². The van der Waals surface area contributed by atoms with E-state index in [2.05, 4.69) is 6.92 Å². The molecule has 0 aliphatic carbocycles. The highest BCUT2D eigenvalue weighted by Crippen LogP contribution is 2.36. The Hall–Kier alpha value is -1.46. The number of benzene rings is 1. The van der Waals surface area contributed by atoms with Crippen LogP contribution < -0.4 is 9.47 Å². The van der Waals surface area contributed by atoms with Crippen LogP contribution in [0.3, 0.4) is 0 Å². The van der Waals surface area contributed by atoms with E-state index >= 15 is 0 Å². The van der Waals surface area contributed by atoms with Crippen LogP contribution in [0.5, 0.6) is 11.5 Å². The fourth-order valence-electron chi connectivity index (χ4n) is 3.10. The number of carbonyl (C=O) groups is 1. The number of rotatable bonds is 9. The predicted molar refractivity (Wildman–Crippen MR) is 101 cm³/mol. The molecule has 1 atom stereocenters. The van der Waals surface area contributed by atoms with Gasteiger partial charge in [-0.05, 0) is 49.7 Å². The zero-order valence-electron chi connectivity index (χ0n) is 15.9. The minimum atomic E-state index is -0.397. The van der Waals surface area contributed by atoms with Crippen molar-refractivity contribution in [3.63, 3.8) is 0 Å². The van der Waals surface area contributed by atoms with E-state index in [0.717, 1.165) is 38.9 Å². The van der Waals surface area contributed by atoms with Crippen LogP contribution >= 0.6 is 11.6 Å². The molecule has 26 heavy (non-hydrogen) atoms. The molecule has 0 N–H and O–H groups in total. The van der Waals surface area contributed by atoms with Crippen LogP contribution in [0.25, 0.3) is 0 Å². The highest BCUT2D eigenvalue weighted by atomic mass is 35.5. The van der Waals surface area contributed by atoms with Crippen molar-refractivity contribution in [2.45, 2.75) is 39.5 Å². The van der Waals surface area contributed by atoms with Gasteiger partial charge in [0.05, 0.1) is 30.9 Å². The van der Waals surface area contributed by atoms with Gasteiger partial charge < -0.3 is 18.9 Å². The summed E-state index contributed by atoms with van der Waals surface area (Å²) in [6.45, 7) is 6.71. The van der Waals surface area contributed by atoms with E-state index in [0.29, 0.717) is 47.1 Å². The Morgan fingerprint density at radius 3 is 2.73 bits per heavy atom. The number of carbonyl (C=O) groups excluding carboxylic acids is 1. The Morgan fingerprint density at radius 2 is 2.08 bits per heavy atom. The fourth-order valence-corrected chi connectivity index (χ4v) is 3.37. The van der Waals surface area contributed by atoms with Crippen LogP contribution in [0, 0.1) is 11.8 Å². The normalized spacial score (nSPS) is 16.2. The summed E-state index contributed by atoms with van der Waals surface area (Å²) in [5.74, 6) is 1.47. The summed E-state index contributed by atoms with van der Waals surface area (Å²) in [5, 5.41) is 0.347. The van der Waals surface area contributed by atoms with Gasteiger partial charge in [0.25, 0.3) is 0 Å². The first-order valence-electron chi connectivity index (χ1n) is 9.30. The Labute approximate surface area is 160 Å². The molecule has 6 heteroatoms. The molecule has 1 fully saturated rings. The van der Waals surface area contributed by atoms with E-state index in [4.69, 9.17) is 30.5 Å². The molecule has 0 bridgehead atoms. The van der Waals surface area contributed by atoms with Crippen molar-refractivity contribution in [2.24, 2.45) is 11.8 Å². The molecule has 1 saturated heterocycles. The Bertz CT molecular complexity index is 584. The first-order chi connectivity index (χ1) is 12.5. The number of halogens is 1. The average Bonchev–Trinajstić information content (AvgIpc) is 2.65.